The maximum absolute atomic E-state index is 15.3. The van der Waals surface area contributed by atoms with Crippen LogP contribution in [0.1, 0.15) is 43.5 Å². The van der Waals surface area contributed by atoms with Gasteiger partial charge in [-0.05, 0) is 54.3 Å². The Balaban J connectivity index is 1.47. The van der Waals surface area contributed by atoms with Crippen LogP contribution in [0.5, 0.6) is 11.5 Å². The number of nitrogens with zero attached hydrogens (tertiary/aromatic N) is 1. The first-order valence-corrected chi connectivity index (χ1v) is 11.9. The van der Waals surface area contributed by atoms with Gasteiger partial charge in [-0.25, -0.2) is 4.39 Å². The Morgan fingerprint density at radius 2 is 1.76 bits per heavy atom. The van der Waals surface area contributed by atoms with Gasteiger partial charge in [-0.3, -0.25) is 9.59 Å². The lowest BCUT2D eigenvalue weighted by Gasteiger charge is -2.24. The van der Waals surface area contributed by atoms with Crippen molar-refractivity contribution >= 4 is 22.5 Å². The molecule has 2 heterocycles. The predicted molar refractivity (Wildman–Crippen MR) is 126 cm³/mol. The summed E-state index contributed by atoms with van der Waals surface area (Å²) in [7, 11) is 0. The number of aliphatic hydroxyl groups excluding tert-OH is 2. The molecule has 0 radical (unpaired) electrons. The number of rotatable bonds is 9. The zero-order valence-electron chi connectivity index (χ0n) is 20.3. The Morgan fingerprint density at radius 1 is 1.05 bits per heavy atom. The highest BCUT2D eigenvalue weighted by atomic mass is 19.3. The molecule has 5 rings (SSSR count). The molecule has 0 saturated heterocycles. The Kier molecular flexibility index (Phi) is 5.87. The molecule has 1 aromatic heterocycles. The van der Waals surface area contributed by atoms with Crippen LogP contribution < -0.4 is 9.47 Å². The van der Waals surface area contributed by atoms with E-state index < -0.39 is 35.3 Å². The molecule has 1 aliphatic carbocycles. The second-order valence-corrected chi connectivity index (χ2v) is 10.4. The third kappa shape index (κ3) is 4.38. The monoisotopic (exact) mass is 517 g/mol. The quantitative estimate of drug-likeness (QED) is 0.449. The first-order valence-electron chi connectivity index (χ1n) is 11.9. The van der Waals surface area contributed by atoms with Gasteiger partial charge in [0.1, 0.15) is 18.2 Å². The molecule has 1 aliphatic heterocycles. The number of fused-ring (bicyclic) bond motifs is 2. The average molecular weight is 518 g/mol. The first kappa shape index (κ1) is 25.3. The molecule has 0 amide bonds. The normalized spacial score (nSPS) is 17.3. The average Bonchev–Trinajstić information content (AvgIpc) is 3.50. The molecule has 0 bridgehead atoms. The zero-order valence-corrected chi connectivity index (χ0v) is 20.3. The van der Waals surface area contributed by atoms with Crippen molar-refractivity contribution in [3.63, 3.8) is 0 Å². The van der Waals surface area contributed by atoms with E-state index >= 15 is 4.39 Å². The maximum atomic E-state index is 15.3. The van der Waals surface area contributed by atoms with E-state index in [-0.39, 0.29) is 42.4 Å². The highest BCUT2D eigenvalue weighted by molar-refractivity contribution is 5.96. The van der Waals surface area contributed by atoms with Gasteiger partial charge in [0.25, 0.3) is 0 Å². The van der Waals surface area contributed by atoms with E-state index in [1.54, 1.807) is 36.6 Å². The van der Waals surface area contributed by atoms with E-state index in [2.05, 4.69) is 9.47 Å². The summed E-state index contributed by atoms with van der Waals surface area (Å²) in [6, 6.07) is 8.82. The van der Waals surface area contributed by atoms with Crippen LogP contribution in [0.3, 0.4) is 0 Å². The van der Waals surface area contributed by atoms with Gasteiger partial charge in [0.15, 0.2) is 17.3 Å². The smallest absolute Gasteiger partial charge is 0.395 e. The topological polar surface area (TPSA) is 98.0 Å². The number of alkyl halides is 2. The van der Waals surface area contributed by atoms with Crippen LogP contribution >= 0.6 is 0 Å². The summed E-state index contributed by atoms with van der Waals surface area (Å²) in [5, 5.41) is 19.7. The number of hydrogen-bond acceptors (Lipinski definition) is 6. The minimum absolute atomic E-state index is 0.112. The molecular formula is C27H26F3NO6. The van der Waals surface area contributed by atoms with Crippen molar-refractivity contribution in [2.75, 3.05) is 13.2 Å². The lowest BCUT2D eigenvalue weighted by Crippen LogP contribution is -2.27. The number of ketones is 2. The fourth-order valence-corrected chi connectivity index (χ4v) is 4.95. The number of hydrogen-bond donors (Lipinski definition) is 2. The van der Waals surface area contributed by atoms with Crippen LogP contribution in [0.2, 0.25) is 0 Å². The third-order valence-electron chi connectivity index (χ3n) is 7.26. The molecular weight excluding hydrogens is 491 g/mol. The van der Waals surface area contributed by atoms with Crippen molar-refractivity contribution in [2.45, 2.75) is 56.8 Å². The SMILES string of the molecule is CC(C)(CO)c1cc2cc(CC(=O)C3(c4ccc5c(c4)OC(F)(F)O5)CC3)c(F)cc2n1CC(=O)CO. The number of carbonyl (C=O) groups excluding carboxylic acids is 2. The van der Waals surface area contributed by atoms with E-state index in [1.807, 2.05) is 0 Å². The van der Waals surface area contributed by atoms with Crippen molar-refractivity contribution in [1.82, 2.24) is 4.57 Å². The van der Waals surface area contributed by atoms with E-state index in [9.17, 15) is 28.6 Å². The maximum Gasteiger partial charge on any atom is 0.586 e. The van der Waals surface area contributed by atoms with Crippen LogP contribution in [0.25, 0.3) is 10.9 Å². The van der Waals surface area contributed by atoms with Crippen molar-refractivity contribution < 1.29 is 42.4 Å². The fourth-order valence-electron chi connectivity index (χ4n) is 4.95. The van der Waals surface area contributed by atoms with Crippen molar-refractivity contribution in [2.24, 2.45) is 0 Å². The summed E-state index contributed by atoms with van der Waals surface area (Å²) in [6.07, 6.45) is -2.98. The summed E-state index contributed by atoms with van der Waals surface area (Å²) in [5.41, 5.74) is 0.00136. The molecule has 0 unspecified atom stereocenters. The van der Waals surface area contributed by atoms with Gasteiger partial charge in [0, 0.05) is 22.9 Å². The van der Waals surface area contributed by atoms with Crippen LogP contribution in [0.4, 0.5) is 13.2 Å². The van der Waals surface area contributed by atoms with Crippen molar-refractivity contribution in [3.05, 3.63) is 59.0 Å². The van der Waals surface area contributed by atoms with Crippen LogP contribution in [0, 0.1) is 5.82 Å². The first-order chi connectivity index (χ1) is 17.4. The Morgan fingerprint density at radius 3 is 2.41 bits per heavy atom. The molecule has 1 saturated carbocycles. The van der Waals surface area contributed by atoms with E-state index in [1.165, 1.54) is 18.2 Å². The summed E-state index contributed by atoms with van der Waals surface area (Å²) < 4.78 is 52.6. The summed E-state index contributed by atoms with van der Waals surface area (Å²) in [6.45, 7) is 2.46. The molecule has 37 heavy (non-hydrogen) atoms. The number of benzene rings is 2. The number of ether oxygens (including phenoxy) is 2. The molecule has 1 fully saturated rings. The Bertz CT molecular complexity index is 1420. The molecule has 2 aliphatic rings. The molecule has 3 aromatic rings. The second-order valence-electron chi connectivity index (χ2n) is 10.4. The molecule has 196 valence electrons. The van der Waals surface area contributed by atoms with Crippen LogP contribution in [0.15, 0.2) is 36.4 Å². The van der Waals surface area contributed by atoms with E-state index in [4.69, 9.17) is 0 Å². The largest absolute Gasteiger partial charge is 0.586 e. The molecule has 0 spiro atoms. The minimum Gasteiger partial charge on any atom is -0.395 e. The highest BCUT2D eigenvalue weighted by Gasteiger charge is 2.52. The molecule has 7 nitrogen and oxygen atoms in total. The fraction of sp³-hybridized carbons (Fsp3) is 0.407. The molecule has 0 atom stereocenters. The number of carbonyl (C=O) groups is 2. The molecule has 2 aromatic carbocycles. The highest BCUT2D eigenvalue weighted by Crippen LogP contribution is 2.52. The summed E-state index contributed by atoms with van der Waals surface area (Å²) in [5.74, 6) is -1.61. The standard InChI is InChI=1S/C27H26F3NO6/c1-25(2,14-33)23-8-16-7-15(19(28)11-20(16)31(23)12-18(34)13-32)9-24(35)26(5-6-26)17-3-4-21-22(10-17)37-27(29,30)36-21/h3-4,7-8,10-11,32-33H,5-6,9,12-14H2,1-2H3. The lowest BCUT2D eigenvalue weighted by atomic mass is 9.87. The van der Waals surface area contributed by atoms with E-state index in [0.29, 0.717) is 35.0 Å². The van der Waals surface area contributed by atoms with Gasteiger partial charge < -0.3 is 24.3 Å². The van der Waals surface area contributed by atoms with Gasteiger partial charge in [0.2, 0.25) is 0 Å². The zero-order chi connectivity index (χ0) is 26.8. The second kappa shape index (κ2) is 8.59. The minimum atomic E-state index is -3.76. The Hall–Kier alpha value is -3.37. The Labute approximate surface area is 210 Å². The van der Waals surface area contributed by atoms with Gasteiger partial charge in [-0.2, -0.15) is 0 Å². The molecule has 2 N–H and O–H groups in total. The lowest BCUT2D eigenvalue weighted by molar-refractivity contribution is -0.286. The van der Waals surface area contributed by atoms with Gasteiger partial charge in [0.05, 0.1) is 24.1 Å². The van der Waals surface area contributed by atoms with Crippen LogP contribution in [-0.4, -0.2) is 45.9 Å². The third-order valence-corrected chi connectivity index (χ3v) is 7.26. The number of Topliss-reactive ketones (excluding diaryl/α,β-unsaturated/α-hetero) is 2. The van der Waals surface area contributed by atoms with Gasteiger partial charge >= 0.3 is 6.29 Å². The van der Waals surface area contributed by atoms with Crippen molar-refractivity contribution in [3.8, 4) is 11.5 Å². The van der Waals surface area contributed by atoms with Gasteiger partial charge in [-0.15, -0.1) is 8.78 Å². The number of aromatic nitrogens is 1. The summed E-state index contributed by atoms with van der Waals surface area (Å²) in [4.78, 5) is 25.4. The summed E-state index contributed by atoms with van der Waals surface area (Å²) >= 11 is 0. The van der Waals surface area contributed by atoms with Gasteiger partial charge in [-0.1, -0.05) is 19.9 Å². The molecule has 10 heteroatoms. The van der Waals surface area contributed by atoms with Crippen LogP contribution in [-0.2, 0) is 33.4 Å². The van der Waals surface area contributed by atoms with E-state index in [0.717, 1.165) is 0 Å². The van der Waals surface area contributed by atoms with Crippen molar-refractivity contribution in [1.29, 1.82) is 0 Å². The number of halogens is 3. The predicted octanol–water partition coefficient (Wildman–Crippen LogP) is 3.78. The number of aliphatic hydroxyl groups is 2.